The van der Waals surface area contributed by atoms with Crippen molar-refractivity contribution in [3.05, 3.63) is 37.4 Å². The number of rotatable bonds is 3. The summed E-state index contributed by atoms with van der Waals surface area (Å²) in [5.41, 5.74) is 9.33. The molecule has 2 N–H and O–H groups in total. The van der Waals surface area contributed by atoms with Gasteiger partial charge < -0.3 is 10.3 Å². The molecule has 0 atom stereocenters. The third-order valence-electron chi connectivity index (χ3n) is 3.58. The molecule has 4 aromatic rings. The van der Waals surface area contributed by atoms with Gasteiger partial charge in [-0.2, -0.15) is 14.8 Å². The molecule has 0 aromatic carbocycles. The summed E-state index contributed by atoms with van der Waals surface area (Å²) in [5.74, 6) is 0.885. The molecule has 9 heteroatoms. The first-order valence-electron chi connectivity index (χ1n) is 7.05. The van der Waals surface area contributed by atoms with Crippen molar-refractivity contribution in [2.45, 2.75) is 13.5 Å². The monoisotopic (exact) mass is 307 g/mol. The average molecular weight is 307 g/mol. The SMILES string of the molecule is CCn1c(-n2ncnc2N)nc2cncc(-c3cncnc3)c21. The molecule has 0 saturated carbocycles. The number of hydrogen-bond acceptors (Lipinski definition) is 7. The van der Waals surface area contributed by atoms with E-state index in [-0.39, 0.29) is 5.95 Å². The summed E-state index contributed by atoms with van der Waals surface area (Å²) in [6.07, 6.45) is 9.89. The summed E-state index contributed by atoms with van der Waals surface area (Å²) in [6, 6.07) is 0. The number of fused-ring (bicyclic) bond motifs is 1. The van der Waals surface area contributed by atoms with Crippen LogP contribution in [0.5, 0.6) is 0 Å². The lowest BCUT2D eigenvalue weighted by Crippen LogP contribution is -2.10. The zero-order valence-corrected chi connectivity index (χ0v) is 12.3. The summed E-state index contributed by atoms with van der Waals surface area (Å²) >= 11 is 0. The quantitative estimate of drug-likeness (QED) is 0.602. The first-order valence-corrected chi connectivity index (χ1v) is 7.05. The second kappa shape index (κ2) is 5.13. The highest BCUT2D eigenvalue weighted by atomic mass is 15.4. The maximum absolute atomic E-state index is 5.87. The Hall–Kier alpha value is -3.36. The maximum atomic E-state index is 5.87. The van der Waals surface area contributed by atoms with Crippen molar-refractivity contribution in [2.75, 3.05) is 5.73 Å². The van der Waals surface area contributed by atoms with Crippen LogP contribution in [-0.2, 0) is 6.54 Å². The van der Waals surface area contributed by atoms with Crippen molar-refractivity contribution < 1.29 is 0 Å². The van der Waals surface area contributed by atoms with Gasteiger partial charge in [-0.05, 0) is 6.92 Å². The molecule has 23 heavy (non-hydrogen) atoms. The molecule has 0 aliphatic heterocycles. The summed E-state index contributed by atoms with van der Waals surface area (Å²) in [4.78, 5) is 21.0. The molecular formula is C14H13N9. The smallest absolute Gasteiger partial charge is 0.235 e. The molecule has 0 saturated heterocycles. The number of nitrogens with two attached hydrogens (primary N) is 1. The van der Waals surface area contributed by atoms with Crippen LogP contribution in [-0.4, -0.2) is 39.3 Å². The van der Waals surface area contributed by atoms with E-state index in [9.17, 15) is 0 Å². The Bertz CT molecular complexity index is 971. The largest absolute Gasteiger partial charge is 0.368 e. The Morgan fingerprint density at radius 1 is 1.04 bits per heavy atom. The maximum Gasteiger partial charge on any atom is 0.235 e. The molecular weight excluding hydrogens is 294 g/mol. The van der Waals surface area contributed by atoms with Crippen molar-refractivity contribution >= 4 is 17.0 Å². The number of nitrogen functional groups attached to an aromatic ring is 1. The van der Waals surface area contributed by atoms with E-state index in [1.54, 1.807) is 24.8 Å². The predicted molar refractivity (Wildman–Crippen MR) is 83.6 cm³/mol. The minimum atomic E-state index is 0.285. The van der Waals surface area contributed by atoms with Gasteiger partial charge >= 0.3 is 0 Å². The standard InChI is InChI=1S/C14H13N9/c1-2-22-12-10(9-3-17-7-18-4-9)5-16-6-11(12)21-14(22)23-13(15)19-8-20-23/h3-8H,2H2,1H3,(H2,15,19,20). The minimum Gasteiger partial charge on any atom is -0.368 e. The number of nitrogens with zero attached hydrogens (tertiary/aromatic N) is 8. The Balaban J connectivity index is 2.05. The molecule has 0 unspecified atom stereocenters. The highest BCUT2D eigenvalue weighted by molar-refractivity contribution is 5.92. The van der Waals surface area contributed by atoms with E-state index in [1.165, 1.54) is 17.3 Å². The van der Waals surface area contributed by atoms with Crippen molar-refractivity contribution in [1.82, 2.24) is 39.3 Å². The fourth-order valence-electron chi connectivity index (χ4n) is 2.59. The molecule has 0 aliphatic rings. The Labute approximate surface area is 130 Å². The molecule has 0 amide bonds. The van der Waals surface area contributed by atoms with Crippen LogP contribution in [0, 0.1) is 0 Å². The van der Waals surface area contributed by atoms with Crippen molar-refractivity contribution in [3.63, 3.8) is 0 Å². The van der Waals surface area contributed by atoms with E-state index in [2.05, 4.69) is 30.0 Å². The van der Waals surface area contributed by atoms with Gasteiger partial charge in [0.05, 0.1) is 11.7 Å². The van der Waals surface area contributed by atoms with Crippen LogP contribution < -0.4 is 5.73 Å². The minimum absolute atomic E-state index is 0.285. The number of hydrogen-bond donors (Lipinski definition) is 1. The Morgan fingerprint density at radius 2 is 1.87 bits per heavy atom. The first-order chi connectivity index (χ1) is 11.3. The van der Waals surface area contributed by atoms with Crippen LogP contribution in [0.2, 0.25) is 0 Å². The molecule has 9 nitrogen and oxygen atoms in total. The van der Waals surface area contributed by atoms with Crippen molar-refractivity contribution in [2.24, 2.45) is 0 Å². The predicted octanol–water partition coefficient (Wildman–Crippen LogP) is 1.07. The third kappa shape index (κ3) is 2.01. The topological polar surface area (TPSA) is 113 Å². The molecule has 0 spiro atoms. The van der Waals surface area contributed by atoms with E-state index in [4.69, 9.17) is 5.73 Å². The van der Waals surface area contributed by atoms with Crippen LogP contribution >= 0.6 is 0 Å². The summed E-state index contributed by atoms with van der Waals surface area (Å²) in [6.45, 7) is 2.72. The highest BCUT2D eigenvalue weighted by Gasteiger charge is 2.18. The van der Waals surface area contributed by atoms with Gasteiger partial charge in [0, 0.05) is 36.3 Å². The normalized spacial score (nSPS) is 11.2. The second-order valence-corrected chi connectivity index (χ2v) is 4.87. The molecule has 0 radical (unpaired) electrons. The summed E-state index contributed by atoms with van der Waals surface area (Å²) < 4.78 is 3.53. The van der Waals surface area contributed by atoms with E-state index in [0.717, 1.165) is 22.2 Å². The summed E-state index contributed by atoms with van der Waals surface area (Å²) in [5, 5.41) is 4.14. The van der Waals surface area contributed by atoms with E-state index in [1.807, 2.05) is 11.5 Å². The molecule has 4 rings (SSSR count). The lowest BCUT2D eigenvalue weighted by atomic mass is 10.1. The number of anilines is 1. The fraction of sp³-hybridized carbons (Fsp3) is 0.143. The second-order valence-electron chi connectivity index (χ2n) is 4.87. The van der Waals surface area contributed by atoms with Gasteiger partial charge in [-0.3, -0.25) is 4.98 Å². The lowest BCUT2D eigenvalue weighted by molar-refractivity contribution is 0.706. The zero-order valence-electron chi connectivity index (χ0n) is 12.3. The average Bonchev–Trinajstić information content (AvgIpc) is 3.17. The van der Waals surface area contributed by atoms with Crippen LogP contribution in [0.25, 0.3) is 28.1 Å². The molecule has 4 aromatic heterocycles. The number of aryl methyl sites for hydroxylation is 1. The molecule has 114 valence electrons. The van der Waals surface area contributed by atoms with E-state index < -0.39 is 0 Å². The third-order valence-corrected chi connectivity index (χ3v) is 3.58. The van der Waals surface area contributed by atoms with E-state index >= 15 is 0 Å². The molecule has 0 bridgehead atoms. The van der Waals surface area contributed by atoms with Gasteiger partial charge in [0.2, 0.25) is 11.9 Å². The van der Waals surface area contributed by atoms with Crippen molar-refractivity contribution in [3.8, 4) is 17.1 Å². The van der Waals surface area contributed by atoms with Crippen LogP contribution in [0.1, 0.15) is 6.92 Å². The van der Waals surface area contributed by atoms with Gasteiger partial charge in [0.25, 0.3) is 0 Å². The van der Waals surface area contributed by atoms with Crippen LogP contribution in [0.3, 0.4) is 0 Å². The molecule has 4 heterocycles. The Kier molecular flexibility index (Phi) is 2.97. The number of pyridine rings is 1. The zero-order chi connectivity index (χ0) is 15.8. The van der Waals surface area contributed by atoms with Crippen LogP contribution in [0.15, 0.2) is 37.4 Å². The fourth-order valence-corrected chi connectivity index (χ4v) is 2.59. The first kappa shape index (κ1) is 13.3. The highest BCUT2D eigenvalue weighted by Crippen LogP contribution is 2.29. The van der Waals surface area contributed by atoms with Gasteiger partial charge in [-0.1, -0.05) is 0 Å². The van der Waals surface area contributed by atoms with Gasteiger partial charge in [-0.15, -0.1) is 0 Å². The Morgan fingerprint density at radius 3 is 2.57 bits per heavy atom. The van der Waals surface area contributed by atoms with Gasteiger partial charge in [-0.25, -0.2) is 15.0 Å². The van der Waals surface area contributed by atoms with Crippen LogP contribution in [0.4, 0.5) is 5.95 Å². The summed E-state index contributed by atoms with van der Waals surface area (Å²) in [7, 11) is 0. The molecule has 0 aliphatic carbocycles. The van der Waals surface area contributed by atoms with Gasteiger partial charge in [0.15, 0.2) is 0 Å². The van der Waals surface area contributed by atoms with Gasteiger partial charge in [0.1, 0.15) is 18.2 Å². The molecule has 0 fully saturated rings. The number of imidazole rings is 1. The number of aromatic nitrogens is 8. The van der Waals surface area contributed by atoms with Crippen molar-refractivity contribution in [1.29, 1.82) is 0 Å². The van der Waals surface area contributed by atoms with E-state index in [0.29, 0.717) is 12.5 Å². The lowest BCUT2D eigenvalue weighted by Gasteiger charge is -2.09.